The van der Waals surface area contributed by atoms with E-state index in [0.717, 1.165) is 11.0 Å². The minimum Gasteiger partial charge on any atom is -0.449 e. The molecule has 23 heavy (non-hydrogen) atoms. The number of ether oxygens (including phenoxy) is 1. The topological polar surface area (TPSA) is 75.7 Å². The highest BCUT2D eigenvalue weighted by molar-refractivity contribution is 9.10. The number of hydrogen-bond acceptors (Lipinski definition) is 4. The van der Waals surface area contributed by atoms with Crippen molar-refractivity contribution < 1.29 is 23.5 Å². The van der Waals surface area contributed by atoms with Gasteiger partial charge in [-0.05, 0) is 31.2 Å². The zero-order valence-corrected chi connectivity index (χ0v) is 13.8. The number of nitrogens with zero attached hydrogens (tertiary/aromatic N) is 1. The predicted octanol–water partition coefficient (Wildman–Crippen LogP) is 2.08. The maximum absolute atomic E-state index is 13.5. The van der Waals surface area contributed by atoms with Gasteiger partial charge in [0.25, 0.3) is 5.91 Å². The monoisotopic (exact) mass is 384 g/mol. The average Bonchev–Trinajstić information content (AvgIpc) is 2.93. The Bertz CT molecular complexity index is 677. The van der Waals surface area contributed by atoms with Crippen molar-refractivity contribution in [3.63, 3.8) is 0 Å². The number of hydrogen-bond donors (Lipinski definition) is 1. The van der Waals surface area contributed by atoms with Gasteiger partial charge in [0.15, 0.2) is 6.10 Å². The van der Waals surface area contributed by atoms with E-state index in [2.05, 4.69) is 21.2 Å². The summed E-state index contributed by atoms with van der Waals surface area (Å²) in [5.74, 6) is -1.89. The summed E-state index contributed by atoms with van der Waals surface area (Å²) >= 11 is 3.20. The number of halogens is 2. The van der Waals surface area contributed by atoms with Crippen LogP contribution in [0.15, 0.2) is 28.7 Å². The summed E-state index contributed by atoms with van der Waals surface area (Å²) in [6.07, 6.45) is 1.17. The van der Waals surface area contributed by atoms with Crippen molar-refractivity contribution in [1.82, 2.24) is 10.2 Å². The summed E-state index contributed by atoms with van der Waals surface area (Å²) in [5, 5.41) is 2.48. The third kappa shape index (κ3) is 4.38. The Morgan fingerprint density at radius 3 is 2.87 bits per heavy atom. The van der Waals surface area contributed by atoms with Gasteiger partial charge in [0, 0.05) is 29.2 Å². The second kappa shape index (κ2) is 7.36. The van der Waals surface area contributed by atoms with E-state index in [9.17, 15) is 18.8 Å². The van der Waals surface area contributed by atoms with Gasteiger partial charge in [-0.2, -0.15) is 0 Å². The summed E-state index contributed by atoms with van der Waals surface area (Å²) in [4.78, 5) is 36.0. The summed E-state index contributed by atoms with van der Waals surface area (Å²) in [6.45, 7) is 1.98. The molecule has 1 N–H and O–H groups in total. The molecule has 1 heterocycles. The average molecular weight is 385 g/mol. The molecule has 0 aliphatic carbocycles. The molecule has 0 saturated carbocycles. The molecule has 0 radical (unpaired) electrons. The highest BCUT2D eigenvalue weighted by Gasteiger charge is 2.31. The quantitative estimate of drug-likeness (QED) is 0.636. The first-order valence-electron chi connectivity index (χ1n) is 6.81. The number of benzene rings is 1. The van der Waals surface area contributed by atoms with Gasteiger partial charge < -0.3 is 10.1 Å². The third-order valence-corrected chi connectivity index (χ3v) is 3.61. The molecule has 1 aromatic rings. The van der Waals surface area contributed by atoms with Crippen LogP contribution in [0, 0.1) is 5.82 Å². The molecule has 0 aromatic heterocycles. The Labute approximate surface area is 140 Å². The maximum Gasteiger partial charge on any atom is 0.331 e. The van der Waals surface area contributed by atoms with Crippen LogP contribution in [0.2, 0.25) is 0 Å². The lowest BCUT2D eigenvalue weighted by molar-refractivity contribution is -0.153. The van der Waals surface area contributed by atoms with Gasteiger partial charge in [0.2, 0.25) is 0 Å². The molecule has 1 aliphatic heterocycles. The normalized spacial score (nSPS) is 15.6. The fourth-order valence-electron chi connectivity index (χ4n) is 1.97. The molecule has 2 rings (SSSR count). The van der Waals surface area contributed by atoms with Crippen molar-refractivity contribution >= 4 is 39.9 Å². The Morgan fingerprint density at radius 1 is 1.48 bits per heavy atom. The third-order valence-electron chi connectivity index (χ3n) is 3.12. The molecule has 8 heteroatoms. The molecular weight excluding hydrogens is 371 g/mol. The minimum absolute atomic E-state index is 0.203. The molecular formula is C15H14BrFN2O4. The van der Waals surface area contributed by atoms with Crippen LogP contribution in [0.4, 0.5) is 9.18 Å². The molecule has 122 valence electrons. The Morgan fingerprint density at radius 2 is 2.22 bits per heavy atom. The van der Waals surface area contributed by atoms with Crippen LogP contribution in [0.5, 0.6) is 0 Å². The van der Waals surface area contributed by atoms with Crippen LogP contribution in [0.25, 0.3) is 6.08 Å². The zero-order chi connectivity index (χ0) is 17.0. The van der Waals surface area contributed by atoms with E-state index in [4.69, 9.17) is 4.74 Å². The molecule has 1 saturated heterocycles. The summed E-state index contributed by atoms with van der Waals surface area (Å²) < 4.78 is 19.1. The second-order valence-corrected chi connectivity index (χ2v) is 5.72. The van der Waals surface area contributed by atoms with Crippen LogP contribution in [-0.4, -0.2) is 42.0 Å². The summed E-state index contributed by atoms with van der Waals surface area (Å²) in [7, 11) is 0. The fourth-order valence-corrected chi connectivity index (χ4v) is 2.34. The van der Waals surface area contributed by atoms with E-state index in [0.29, 0.717) is 11.0 Å². The smallest absolute Gasteiger partial charge is 0.331 e. The molecule has 1 unspecified atom stereocenters. The Kier molecular flexibility index (Phi) is 5.49. The lowest BCUT2D eigenvalue weighted by Gasteiger charge is -2.17. The van der Waals surface area contributed by atoms with Gasteiger partial charge in [0.05, 0.1) is 0 Å². The van der Waals surface area contributed by atoms with E-state index in [-0.39, 0.29) is 12.1 Å². The lowest BCUT2D eigenvalue weighted by Crippen LogP contribution is -2.41. The van der Waals surface area contributed by atoms with Gasteiger partial charge in [-0.15, -0.1) is 0 Å². The highest BCUT2D eigenvalue weighted by Crippen LogP contribution is 2.16. The van der Waals surface area contributed by atoms with Gasteiger partial charge in [-0.1, -0.05) is 15.9 Å². The number of imide groups is 1. The number of carbonyl (C=O) groups is 3. The first kappa shape index (κ1) is 17.1. The van der Waals surface area contributed by atoms with Crippen LogP contribution in [0.1, 0.15) is 12.5 Å². The van der Waals surface area contributed by atoms with Crippen molar-refractivity contribution in [1.29, 1.82) is 0 Å². The van der Waals surface area contributed by atoms with E-state index in [1.807, 2.05) is 0 Å². The number of rotatable bonds is 4. The maximum atomic E-state index is 13.5. The fraction of sp³-hybridized carbons (Fsp3) is 0.267. The van der Waals surface area contributed by atoms with Crippen LogP contribution >= 0.6 is 15.9 Å². The molecule has 1 fully saturated rings. The number of carbonyl (C=O) groups excluding carboxylic acids is 3. The number of urea groups is 1. The van der Waals surface area contributed by atoms with Gasteiger partial charge in [0.1, 0.15) is 5.82 Å². The predicted molar refractivity (Wildman–Crippen MR) is 83.8 cm³/mol. The number of esters is 1. The van der Waals surface area contributed by atoms with Crippen LogP contribution in [0.3, 0.4) is 0 Å². The largest absolute Gasteiger partial charge is 0.449 e. The molecule has 0 bridgehead atoms. The van der Waals surface area contributed by atoms with Crippen molar-refractivity contribution in [2.75, 3.05) is 13.1 Å². The number of nitrogens with one attached hydrogen (secondary N) is 1. The molecule has 1 aromatic carbocycles. The van der Waals surface area contributed by atoms with Crippen molar-refractivity contribution in [3.8, 4) is 0 Å². The molecule has 3 amide bonds. The molecule has 6 nitrogen and oxygen atoms in total. The minimum atomic E-state index is -1.11. The van der Waals surface area contributed by atoms with Crippen molar-refractivity contribution in [2.45, 2.75) is 13.0 Å². The lowest BCUT2D eigenvalue weighted by atomic mass is 10.2. The van der Waals surface area contributed by atoms with E-state index in [1.165, 1.54) is 31.2 Å². The number of amides is 3. The Balaban J connectivity index is 1.96. The van der Waals surface area contributed by atoms with Crippen molar-refractivity contribution in [2.24, 2.45) is 0 Å². The van der Waals surface area contributed by atoms with E-state index in [1.54, 1.807) is 0 Å². The SMILES string of the molecule is CC(OC(=O)/C=C/c1cc(Br)ccc1F)C(=O)N1CCNC1=O. The zero-order valence-electron chi connectivity index (χ0n) is 12.2. The van der Waals surface area contributed by atoms with Crippen molar-refractivity contribution in [3.05, 3.63) is 40.1 Å². The first-order valence-corrected chi connectivity index (χ1v) is 7.60. The first-order chi connectivity index (χ1) is 10.9. The van der Waals surface area contributed by atoms with Crippen LogP contribution < -0.4 is 5.32 Å². The van der Waals surface area contributed by atoms with Gasteiger partial charge in [-0.25, -0.2) is 14.0 Å². The molecule has 1 aliphatic rings. The second-order valence-electron chi connectivity index (χ2n) is 4.80. The highest BCUT2D eigenvalue weighted by atomic mass is 79.9. The standard InChI is InChI=1S/C15H14BrFN2O4/c1-9(14(21)19-7-6-18-15(19)22)23-13(20)5-2-10-8-11(16)3-4-12(10)17/h2-5,8-9H,6-7H2,1H3,(H,18,22)/b5-2+. The van der Waals surface area contributed by atoms with E-state index < -0.39 is 29.8 Å². The Hall–Kier alpha value is -2.22. The summed E-state index contributed by atoms with van der Waals surface area (Å²) in [5.41, 5.74) is 0.203. The van der Waals surface area contributed by atoms with Gasteiger partial charge in [-0.3, -0.25) is 9.69 Å². The van der Waals surface area contributed by atoms with Gasteiger partial charge >= 0.3 is 12.0 Å². The summed E-state index contributed by atoms with van der Waals surface area (Å²) in [6, 6.07) is 3.78. The molecule has 0 spiro atoms. The molecule has 1 atom stereocenters. The van der Waals surface area contributed by atoms with E-state index >= 15 is 0 Å². The van der Waals surface area contributed by atoms with Crippen LogP contribution in [-0.2, 0) is 14.3 Å².